The smallest absolute Gasteiger partial charge is 0.246 e. The van der Waals surface area contributed by atoms with Crippen molar-refractivity contribution in [2.24, 2.45) is 0 Å². The van der Waals surface area contributed by atoms with E-state index in [4.69, 9.17) is 14.4 Å². The third kappa shape index (κ3) is 5.56. The van der Waals surface area contributed by atoms with Crippen LogP contribution in [0.5, 0.6) is 0 Å². The van der Waals surface area contributed by atoms with Crippen molar-refractivity contribution in [1.29, 1.82) is 0 Å². The van der Waals surface area contributed by atoms with Gasteiger partial charge in [-0.3, -0.25) is 4.98 Å². The van der Waals surface area contributed by atoms with Gasteiger partial charge in [0.25, 0.3) is 0 Å². The number of hydrogen-bond donors (Lipinski definition) is 0. The molecule has 0 N–H and O–H groups in total. The quantitative estimate of drug-likeness (QED) is 0.184. The van der Waals surface area contributed by atoms with Crippen molar-refractivity contribution >= 4 is 22.0 Å². The molecular weight excluding hydrogens is 599 g/mol. The zero-order valence-electron chi connectivity index (χ0n) is 26.5. The molecule has 0 amide bonds. The summed E-state index contributed by atoms with van der Waals surface area (Å²) in [6.45, 7) is 0. The molecule has 0 radical (unpaired) electrons. The summed E-state index contributed by atoms with van der Waals surface area (Å²) in [4.78, 5) is 14.7. The fraction of sp³-hybridized carbons (Fsp3) is 0. The van der Waals surface area contributed by atoms with Crippen LogP contribution in [0, 0.1) is 0 Å². The Morgan fingerprint density at radius 2 is 0.959 bits per heavy atom. The third-order valence-electron chi connectivity index (χ3n) is 8.96. The van der Waals surface area contributed by atoms with Crippen LogP contribution in [0.25, 0.3) is 89.4 Å². The Morgan fingerprint density at radius 1 is 0.367 bits per heavy atom. The van der Waals surface area contributed by atoms with Crippen LogP contribution in [-0.4, -0.2) is 15.0 Å². The predicted molar refractivity (Wildman–Crippen MR) is 200 cm³/mol. The van der Waals surface area contributed by atoms with E-state index < -0.39 is 0 Å². The van der Waals surface area contributed by atoms with E-state index >= 15 is 0 Å². The number of pyridine rings is 2. The van der Waals surface area contributed by atoms with E-state index in [1.807, 2.05) is 48.7 Å². The number of para-hydroxylation sites is 2. The van der Waals surface area contributed by atoms with E-state index in [1.54, 1.807) is 0 Å². The van der Waals surface area contributed by atoms with Crippen LogP contribution in [0.4, 0.5) is 0 Å². The summed E-state index contributed by atoms with van der Waals surface area (Å²) < 4.78 is 6.02. The van der Waals surface area contributed by atoms with Gasteiger partial charge in [-0.25, -0.2) is 9.97 Å². The minimum Gasteiger partial charge on any atom is -0.435 e. The van der Waals surface area contributed by atoms with Crippen LogP contribution >= 0.6 is 0 Å². The lowest BCUT2D eigenvalue weighted by Gasteiger charge is -2.13. The first kappa shape index (κ1) is 28.6. The summed E-state index contributed by atoms with van der Waals surface area (Å²) in [6.07, 6.45) is 1.91. The van der Waals surface area contributed by atoms with Crippen molar-refractivity contribution in [2.45, 2.75) is 0 Å². The van der Waals surface area contributed by atoms with Gasteiger partial charge in [-0.15, -0.1) is 0 Å². The lowest BCUT2D eigenvalue weighted by Crippen LogP contribution is -1.93. The molecule has 0 atom stereocenters. The lowest BCUT2D eigenvalue weighted by molar-refractivity contribution is 0.617. The van der Waals surface area contributed by atoms with Crippen molar-refractivity contribution in [2.75, 3.05) is 0 Å². The molecule has 0 saturated carbocycles. The highest BCUT2D eigenvalue weighted by Gasteiger charge is 2.15. The molecule has 3 aromatic heterocycles. The maximum Gasteiger partial charge on any atom is 0.246 e. The highest BCUT2D eigenvalue weighted by molar-refractivity contribution is 5.99. The Bertz CT molecular complexity index is 2560. The fourth-order valence-corrected chi connectivity index (χ4v) is 6.45. The van der Waals surface area contributed by atoms with E-state index in [9.17, 15) is 0 Å². The molecule has 9 rings (SSSR count). The van der Waals surface area contributed by atoms with Crippen LogP contribution in [0.15, 0.2) is 180 Å². The molecular formula is C45H29N3O. The number of aromatic nitrogens is 3. The van der Waals surface area contributed by atoms with E-state index in [1.165, 1.54) is 16.7 Å². The Labute approximate surface area is 284 Å². The first-order valence-electron chi connectivity index (χ1n) is 16.3. The topological polar surface area (TPSA) is 51.8 Å². The molecule has 6 aromatic carbocycles. The molecule has 0 aliphatic rings. The van der Waals surface area contributed by atoms with E-state index in [2.05, 4.69) is 132 Å². The first-order chi connectivity index (χ1) is 24.2. The second-order valence-corrected chi connectivity index (χ2v) is 12.1. The van der Waals surface area contributed by atoms with E-state index in [0.29, 0.717) is 11.6 Å². The van der Waals surface area contributed by atoms with Gasteiger partial charge in [0, 0.05) is 22.7 Å². The number of oxazole rings is 1. The minimum atomic E-state index is 0.506. The van der Waals surface area contributed by atoms with Crippen LogP contribution in [0.2, 0.25) is 0 Å². The van der Waals surface area contributed by atoms with Crippen molar-refractivity contribution in [3.8, 4) is 67.3 Å². The van der Waals surface area contributed by atoms with Gasteiger partial charge < -0.3 is 4.42 Å². The van der Waals surface area contributed by atoms with E-state index in [-0.39, 0.29) is 0 Å². The van der Waals surface area contributed by atoms with Crippen LogP contribution in [0.1, 0.15) is 0 Å². The number of rotatable bonds is 6. The molecule has 3 heterocycles. The van der Waals surface area contributed by atoms with Gasteiger partial charge in [0.2, 0.25) is 5.89 Å². The number of hydrogen-bond acceptors (Lipinski definition) is 4. The molecule has 0 saturated heterocycles. The highest BCUT2D eigenvalue weighted by atomic mass is 16.3. The van der Waals surface area contributed by atoms with Gasteiger partial charge in [0.1, 0.15) is 11.2 Å². The predicted octanol–water partition coefficient (Wildman–Crippen LogP) is 11.8. The van der Waals surface area contributed by atoms with Crippen molar-refractivity contribution in [3.05, 3.63) is 176 Å². The molecule has 0 aliphatic heterocycles. The zero-order chi connectivity index (χ0) is 32.6. The molecule has 0 unspecified atom stereocenters. The Balaban J connectivity index is 1.18. The van der Waals surface area contributed by atoms with Gasteiger partial charge in [-0.1, -0.05) is 121 Å². The normalized spacial score (nSPS) is 11.3. The molecule has 4 nitrogen and oxygen atoms in total. The van der Waals surface area contributed by atoms with E-state index in [0.717, 1.165) is 61.1 Å². The average molecular weight is 628 g/mol. The molecule has 0 spiro atoms. The SMILES string of the molecule is c1ccc(-c2cccc(-c3ccc4nc(-c5cccc(-c6ccccc6)c5)cc(-c5ccc(-c6nc7ccccc7o6)nc5)c4c3)c2)cc1. The zero-order valence-corrected chi connectivity index (χ0v) is 26.5. The van der Waals surface area contributed by atoms with Crippen LogP contribution in [-0.2, 0) is 0 Å². The van der Waals surface area contributed by atoms with Gasteiger partial charge in [-0.05, 0) is 87.5 Å². The van der Waals surface area contributed by atoms with Gasteiger partial charge in [0.15, 0.2) is 5.58 Å². The van der Waals surface area contributed by atoms with Gasteiger partial charge in [0.05, 0.1) is 11.2 Å². The minimum absolute atomic E-state index is 0.506. The van der Waals surface area contributed by atoms with Crippen LogP contribution in [0.3, 0.4) is 0 Å². The Hall–Kier alpha value is -6.65. The Morgan fingerprint density at radius 3 is 1.65 bits per heavy atom. The maximum atomic E-state index is 6.02. The molecule has 230 valence electrons. The second-order valence-electron chi connectivity index (χ2n) is 12.1. The van der Waals surface area contributed by atoms with Crippen molar-refractivity contribution in [1.82, 2.24) is 15.0 Å². The lowest BCUT2D eigenvalue weighted by atomic mass is 9.94. The fourth-order valence-electron chi connectivity index (χ4n) is 6.45. The molecule has 0 aliphatic carbocycles. The molecule has 0 bridgehead atoms. The molecule has 49 heavy (non-hydrogen) atoms. The van der Waals surface area contributed by atoms with Crippen molar-refractivity contribution in [3.63, 3.8) is 0 Å². The maximum absolute atomic E-state index is 6.02. The number of fused-ring (bicyclic) bond motifs is 2. The molecule has 0 fully saturated rings. The summed E-state index contributed by atoms with van der Waals surface area (Å²) in [7, 11) is 0. The van der Waals surface area contributed by atoms with Crippen molar-refractivity contribution < 1.29 is 4.42 Å². The molecule has 9 aromatic rings. The first-order valence-corrected chi connectivity index (χ1v) is 16.3. The van der Waals surface area contributed by atoms with Gasteiger partial charge >= 0.3 is 0 Å². The summed E-state index contributed by atoms with van der Waals surface area (Å²) in [5.74, 6) is 0.506. The third-order valence-corrected chi connectivity index (χ3v) is 8.96. The summed E-state index contributed by atoms with van der Waals surface area (Å²) in [5, 5.41) is 1.06. The average Bonchev–Trinajstić information content (AvgIpc) is 3.63. The monoisotopic (exact) mass is 627 g/mol. The van der Waals surface area contributed by atoms with Crippen LogP contribution < -0.4 is 0 Å². The summed E-state index contributed by atoms with van der Waals surface area (Å²) in [6, 6.07) is 58.8. The standard InChI is InChI=1S/C45H29N3O/c1-3-11-30(12-4-1)32-15-9-17-34(25-32)35-21-23-40-39(27-35)38(28-43(47-40)36-18-10-16-33(26-36)31-13-5-2-6-14-31)37-22-24-42(46-29-37)45-48-41-19-7-8-20-44(41)49-45/h1-29H. The largest absolute Gasteiger partial charge is 0.435 e. The summed E-state index contributed by atoms with van der Waals surface area (Å²) >= 11 is 0. The second kappa shape index (κ2) is 12.2. The number of benzene rings is 6. The van der Waals surface area contributed by atoms with Gasteiger partial charge in [-0.2, -0.15) is 0 Å². The molecule has 4 heteroatoms. The highest BCUT2D eigenvalue weighted by Crippen LogP contribution is 2.37. The Kier molecular flexibility index (Phi) is 7.10. The number of nitrogens with zero attached hydrogens (tertiary/aromatic N) is 3. The summed E-state index contributed by atoms with van der Waals surface area (Å²) in [5.41, 5.74) is 14.2.